The molecule has 4 aliphatic carbocycles. The zero-order valence-corrected chi connectivity index (χ0v) is 15.7. The molecule has 0 amide bonds. The van der Waals surface area contributed by atoms with Crippen molar-refractivity contribution in [2.24, 2.45) is 40.4 Å². The van der Waals surface area contributed by atoms with Gasteiger partial charge in [-0.15, -0.1) is 0 Å². The van der Waals surface area contributed by atoms with E-state index in [9.17, 15) is 9.59 Å². The molecule has 136 valence electrons. The summed E-state index contributed by atoms with van der Waals surface area (Å²) in [5.41, 5.74) is 1.76. The Morgan fingerprint density at radius 1 is 1.20 bits per heavy atom. The lowest BCUT2D eigenvalue weighted by Gasteiger charge is -2.57. The van der Waals surface area contributed by atoms with Crippen LogP contribution in [0.5, 0.6) is 0 Å². The predicted octanol–water partition coefficient (Wildman–Crippen LogP) is 3.96. The van der Waals surface area contributed by atoms with Crippen LogP contribution in [0, 0.1) is 40.4 Å². The average Bonchev–Trinajstić information content (AvgIpc) is 3.30. The fourth-order valence-electron chi connectivity index (χ4n) is 7.81. The van der Waals surface area contributed by atoms with Gasteiger partial charge in [-0.05, 0) is 78.3 Å². The Labute approximate surface area is 150 Å². The molecule has 0 N–H and O–H groups in total. The van der Waals surface area contributed by atoms with Crippen LogP contribution < -0.4 is 0 Å². The summed E-state index contributed by atoms with van der Waals surface area (Å²) in [7, 11) is 0. The van der Waals surface area contributed by atoms with Crippen molar-refractivity contribution in [3.8, 4) is 0 Å². The van der Waals surface area contributed by atoms with Gasteiger partial charge in [0.05, 0.1) is 6.10 Å². The molecule has 1 saturated heterocycles. The molecule has 9 atom stereocenters. The van der Waals surface area contributed by atoms with Crippen molar-refractivity contribution >= 4 is 12.1 Å². The second-order valence-corrected chi connectivity index (χ2v) is 10.0. The van der Waals surface area contributed by atoms with Crippen LogP contribution in [0.15, 0.2) is 11.6 Å². The first-order valence-electron chi connectivity index (χ1n) is 10.3. The molecule has 3 saturated carbocycles. The number of rotatable bonds is 2. The standard InChI is InChI=1S/C22H30O3/c1-12(11-23)14-4-5-15-18-16(7-9-21(14,15)2)22(3)8-6-13(24)10-17(22)19-20(18)25-19/h10-12,14-16,18-20H,4-9H2,1-3H3/t12?,14-,15?,16?,18?,19+,20-,21-,22-/m1/s1. The molecule has 0 radical (unpaired) electrons. The maximum atomic E-state index is 12.0. The Hall–Kier alpha value is -0.960. The topological polar surface area (TPSA) is 46.7 Å². The zero-order chi connectivity index (χ0) is 17.6. The van der Waals surface area contributed by atoms with Crippen molar-refractivity contribution < 1.29 is 14.3 Å². The quantitative estimate of drug-likeness (QED) is 0.564. The molecule has 5 aliphatic rings. The van der Waals surface area contributed by atoms with Crippen LogP contribution in [0.25, 0.3) is 0 Å². The van der Waals surface area contributed by atoms with Gasteiger partial charge in [0.1, 0.15) is 12.4 Å². The van der Waals surface area contributed by atoms with E-state index in [1.54, 1.807) is 0 Å². The molecular weight excluding hydrogens is 312 g/mol. The molecule has 0 bridgehead atoms. The smallest absolute Gasteiger partial charge is 0.155 e. The van der Waals surface area contributed by atoms with Crippen molar-refractivity contribution in [3.05, 3.63) is 11.6 Å². The minimum absolute atomic E-state index is 0.159. The molecule has 1 heterocycles. The van der Waals surface area contributed by atoms with Gasteiger partial charge in [-0.25, -0.2) is 0 Å². The van der Waals surface area contributed by atoms with Crippen LogP contribution in [0.1, 0.15) is 59.3 Å². The summed E-state index contributed by atoms with van der Waals surface area (Å²) in [4.78, 5) is 23.5. The third-order valence-corrected chi connectivity index (χ3v) is 9.15. The van der Waals surface area contributed by atoms with Crippen molar-refractivity contribution in [2.45, 2.75) is 71.5 Å². The van der Waals surface area contributed by atoms with Gasteiger partial charge < -0.3 is 9.53 Å². The highest BCUT2D eigenvalue weighted by molar-refractivity contribution is 5.92. The molecule has 0 aromatic heterocycles. The van der Waals surface area contributed by atoms with E-state index in [2.05, 4.69) is 20.8 Å². The third kappa shape index (κ3) is 1.97. The lowest BCUT2D eigenvalue weighted by Crippen LogP contribution is -2.53. The number of aldehydes is 1. The van der Waals surface area contributed by atoms with E-state index in [0.29, 0.717) is 47.4 Å². The van der Waals surface area contributed by atoms with Crippen molar-refractivity contribution in [2.75, 3.05) is 0 Å². The highest BCUT2D eigenvalue weighted by atomic mass is 16.6. The number of epoxide rings is 1. The van der Waals surface area contributed by atoms with E-state index < -0.39 is 0 Å². The van der Waals surface area contributed by atoms with E-state index in [-0.39, 0.29) is 17.4 Å². The lowest BCUT2D eigenvalue weighted by atomic mass is 9.46. The highest BCUT2D eigenvalue weighted by Crippen LogP contribution is 2.70. The Balaban J connectivity index is 1.52. The van der Waals surface area contributed by atoms with E-state index in [0.717, 1.165) is 6.42 Å². The van der Waals surface area contributed by atoms with Crippen LogP contribution >= 0.6 is 0 Å². The van der Waals surface area contributed by atoms with Crippen LogP contribution in [0.3, 0.4) is 0 Å². The number of carbonyl (C=O) groups is 2. The van der Waals surface area contributed by atoms with Gasteiger partial charge in [0.15, 0.2) is 5.78 Å². The summed E-state index contributed by atoms with van der Waals surface area (Å²) in [6, 6.07) is 0. The fraction of sp³-hybridized carbons (Fsp3) is 0.818. The molecule has 0 aromatic carbocycles. The largest absolute Gasteiger partial charge is 0.365 e. The molecule has 1 aliphatic heterocycles. The number of carbonyl (C=O) groups excluding carboxylic acids is 2. The molecule has 0 aromatic rings. The number of hydrogen-bond acceptors (Lipinski definition) is 3. The van der Waals surface area contributed by atoms with Crippen molar-refractivity contribution in [1.82, 2.24) is 0 Å². The second kappa shape index (κ2) is 5.06. The minimum atomic E-state index is 0.159. The molecule has 4 unspecified atom stereocenters. The first-order chi connectivity index (χ1) is 11.9. The number of fused-ring (bicyclic) bond motifs is 8. The molecule has 4 fully saturated rings. The minimum Gasteiger partial charge on any atom is -0.365 e. The molecular formula is C22H30O3. The SMILES string of the molecule is CC(C=O)[C@H]1CCC2C3C(CC[C@@]21C)[C@@]1(C)CCC(=O)C=C1[C@@H]1O[C@H]31. The van der Waals surface area contributed by atoms with Crippen molar-refractivity contribution in [3.63, 3.8) is 0 Å². The summed E-state index contributed by atoms with van der Waals surface area (Å²) >= 11 is 0. The van der Waals surface area contributed by atoms with Gasteiger partial charge >= 0.3 is 0 Å². The van der Waals surface area contributed by atoms with Crippen molar-refractivity contribution in [1.29, 1.82) is 0 Å². The number of hydrogen-bond donors (Lipinski definition) is 0. The maximum Gasteiger partial charge on any atom is 0.155 e. The van der Waals surface area contributed by atoms with Crippen LogP contribution in [0.4, 0.5) is 0 Å². The summed E-state index contributed by atoms with van der Waals surface area (Å²) in [5, 5.41) is 0. The van der Waals surface area contributed by atoms with E-state index in [1.807, 2.05) is 6.08 Å². The third-order valence-electron chi connectivity index (χ3n) is 9.15. The first kappa shape index (κ1) is 16.2. The normalized spacial score (nSPS) is 54.5. The summed E-state index contributed by atoms with van der Waals surface area (Å²) in [6.45, 7) is 6.98. The van der Waals surface area contributed by atoms with Gasteiger partial charge in [0, 0.05) is 12.3 Å². The summed E-state index contributed by atoms with van der Waals surface area (Å²) < 4.78 is 6.22. The second-order valence-electron chi connectivity index (χ2n) is 10.0. The zero-order valence-electron chi connectivity index (χ0n) is 15.7. The first-order valence-corrected chi connectivity index (χ1v) is 10.3. The average molecular weight is 342 g/mol. The molecule has 0 spiro atoms. The summed E-state index contributed by atoms with van der Waals surface area (Å²) in [5.74, 6) is 2.96. The van der Waals surface area contributed by atoms with Gasteiger partial charge in [-0.3, -0.25) is 4.79 Å². The summed E-state index contributed by atoms with van der Waals surface area (Å²) in [6.07, 6.45) is 10.3. The van der Waals surface area contributed by atoms with Crippen LogP contribution in [-0.4, -0.2) is 24.3 Å². The van der Waals surface area contributed by atoms with E-state index in [1.165, 1.54) is 37.5 Å². The maximum absolute atomic E-state index is 12.0. The predicted molar refractivity (Wildman–Crippen MR) is 94.9 cm³/mol. The van der Waals surface area contributed by atoms with E-state index in [4.69, 9.17) is 4.74 Å². The Morgan fingerprint density at radius 2 is 2.00 bits per heavy atom. The fourth-order valence-corrected chi connectivity index (χ4v) is 7.81. The highest BCUT2D eigenvalue weighted by Gasteiger charge is 2.69. The van der Waals surface area contributed by atoms with Gasteiger partial charge in [0.25, 0.3) is 0 Å². The molecule has 3 heteroatoms. The Morgan fingerprint density at radius 3 is 2.76 bits per heavy atom. The Kier molecular flexibility index (Phi) is 3.28. The number of ether oxygens (including phenoxy) is 1. The monoisotopic (exact) mass is 342 g/mol. The lowest BCUT2D eigenvalue weighted by molar-refractivity contribution is -0.117. The molecule has 3 nitrogen and oxygen atoms in total. The van der Waals surface area contributed by atoms with Gasteiger partial charge in [-0.1, -0.05) is 20.8 Å². The molecule has 5 rings (SSSR count). The van der Waals surface area contributed by atoms with Crippen LogP contribution in [-0.2, 0) is 14.3 Å². The molecule has 25 heavy (non-hydrogen) atoms. The number of ketones is 1. The van der Waals surface area contributed by atoms with E-state index >= 15 is 0 Å². The van der Waals surface area contributed by atoms with Gasteiger partial charge in [0.2, 0.25) is 0 Å². The van der Waals surface area contributed by atoms with Gasteiger partial charge in [-0.2, -0.15) is 0 Å². The Bertz CT molecular complexity index is 666. The van der Waals surface area contributed by atoms with Crippen LogP contribution in [0.2, 0.25) is 0 Å².